The minimum absolute atomic E-state index is 0. The molecule has 0 aliphatic heterocycles. The van der Waals surface area contributed by atoms with Crippen LogP contribution in [0.25, 0.3) is 0 Å². The molecule has 238 valence electrons. The van der Waals surface area contributed by atoms with Gasteiger partial charge in [0.25, 0.3) is 0 Å². The van der Waals surface area contributed by atoms with Crippen LogP contribution in [-0.2, 0) is 26.2 Å². The first-order valence-electron chi connectivity index (χ1n) is 15.1. The third-order valence-corrected chi connectivity index (χ3v) is 7.57. The maximum Gasteiger partial charge on any atom is 0.421 e. The summed E-state index contributed by atoms with van der Waals surface area (Å²) in [6, 6.07) is 16.6. The summed E-state index contributed by atoms with van der Waals surface area (Å²) in [5.41, 5.74) is 4.08. The average molecular weight is 603 g/mol. The highest BCUT2D eigenvalue weighted by molar-refractivity contribution is 5.53. The van der Waals surface area contributed by atoms with Gasteiger partial charge in [0.05, 0.1) is 51.0 Å². The smallest absolute Gasteiger partial charge is 0.375 e. The highest BCUT2D eigenvalue weighted by Crippen LogP contribution is 2.23. The monoisotopic (exact) mass is 602 g/mol. The number of unbranched alkanes of at least 4 members (excludes halogenated alkanes) is 1. The molecule has 10 heteroatoms. The summed E-state index contributed by atoms with van der Waals surface area (Å²) in [5, 5.41) is 18.0. The Bertz CT molecular complexity index is 1290. The fourth-order valence-electron chi connectivity index (χ4n) is 4.84. The van der Waals surface area contributed by atoms with Crippen LogP contribution >= 0.6 is 0 Å². The summed E-state index contributed by atoms with van der Waals surface area (Å²) in [4.78, 5) is 4.59. The molecule has 2 aromatic carbocycles. The predicted octanol–water partition coefficient (Wildman–Crippen LogP) is 8.40. The Kier molecular flexibility index (Phi) is 14.4. The molecular weight excluding hydrogens is 548 g/mol. The Morgan fingerprint density at radius 1 is 0.568 bits per heavy atom. The molecule has 4 aromatic rings. The summed E-state index contributed by atoms with van der Waals surface area (Å²) in [5.74, 6) is 1.74. The second-order valence-corrected chi connectivity index (χ2v) is 10.3. The lowest BCUT2D eigenvalue weighted by Crippen LogP contribution is -2.30. The van der Waals surface area contributed by atoms with Crippen molar-refractivity contribution in [1.29, 1.82) is 0 Å². The van der Waals surface area contributed by atoms with Crippen molar-refractivity contribution in [3.63, 3.8) is 0 Å². The van der Waals surface area contributed by atoms with E-state index in [4.69, 9.17) is 0 Å². The van der Waals surface area contributed by atoms with Gasteiger partial charge in [0, 0.05) is 48.8 Å². The number of rotatable bonds is 15. The van der Waals surface area contributed by atoms with Gasteiger partial charge in [-0.1, -0.05) is 25.1 Å². The number of aryl methyl sites for hydroxylation is 4. The Balaban J connectivity index is 0.00000337. The highest BCUT2D eigenvalue weighted by atomic mass is 15.3. The maximum atomic E-state index is 4.51. The van der Waals surface area contributed by atoms with E-state index in [1.54, 1.807) is 0 Å². The second-order valence-electron chi connectivity index (χ2n) is 10.3. The van der Waals surface area contributed by atoms with Crippen molar-refractivity contribution in [3.8, 4) is 0 Å². The molecule has 0 aliphatic carbocycles. The van der Waals surface area contributed by atoms with Gasteiger partial charge in [-0.05, 0) is 89.1 Å². The van der Waals surface area contributed by atoms with Crippen molar-refractivity contribution in [2.75, 3.05) is 37.0 Å². The molecule has 2 heterocycles. The zero-order valence-corrected chi connectivity index (χ0v) is 26.1. The molecule has 4 rings (SSSR count). The zero-order chi connectivity index (χ0) is 29.9. The van der Waals surface area contributed by atoms with Crippen molar-refractivity contribution in [1.82, 2.24) is 9.13 Å². The molecule has 0 aliphatic rings. The lowest BCUT2D eigenvalue weighted by Gasteiger charge is -2.22. The largest absolute Gasteiger partial charge is 0.421 e. The molecule has 0 amide bonds. The van der Waals surface area contributed by atoms with Crippen LogP contribution < -0.4 is 18.9 Å². The second kappa shape index (κ2) is 17.7. The van der Waals surface area contributed by atoms with Crippen molar-refractivity contribution >= 4 is 34.6 Å². The Morgan fingerprint density at radius 2 is 0.932 bits per heavy atom. The molecule has 0 bridgehead atoms. The molecule has 0 spiro atoms. The van der Waals surface area contributed by atoms with Crippen LogP contribution in [0.4, 0.5) is 34.6 Å². The molecule has 2 aromatic heterocycles. The van der Waals surface area contributed by atoms with E-state index >= 15 is 0 Å². The van der Waals surface area contributed by atoms with Crippen molar-refractivity contribution < 1.29 is 9.13 Å². The quantitative estimate of drug-likeness (QED) is 0.0778. The lowest BCUT2D eigenvalue weighted by molar-refractivity contribution is -0.680. The topological polar surface area (TPSA) is 73.5 Å². The van der Waals surface area contributed by atoms with Crippen LogP contribution in [-0.4, -0.2) is 36.3 Å². The van der Waals surface area contributed by atoms with Gasteiger partial charge in [-0.3, -0.25) is 0 Å². The fourth-order valence-corrected chi connectivity index (χ4v) is 4.84. The fraction of sp³-hybridized carbons (Fsp3) is 0.471. The third-order valence-electron chi connectivity index (χ3n) is 7.57. The summed E-state index contributed by atoms with van der Waals surface area (Å²) < 4.78 is 8.40. The molecule has 0 atom stereocenters. The van der Waals surface area contributed by atoms with Crippen LogP contribution in [0.1, 0.15) is 55.4 Å². The SMILES string of the molecule is C.C.CCn1cc[n+](CC)c1N=Nc1ccc(N(C)CCCCN(C)c2ccc(N=Nc3n(CC)cc[n+]3CC)cc2)cc1. The number of imidazole rings is 2. The van der Waals surface area contributed by atoms with E-state index in [1.165, 1.54) is 11.4 Å². The third kappa shape index (κ3) is 9.08. The molecule has 0 N–H and O–H groups in total. The van der Waals surface area contributed by atoms with Gasteiger partial charge < -0.3 is 9.80 Å². The molecule has 44 heavy (non-hydrogen) atoms. The highest BCUT2D eigenvalue weighted by Gasteiger charge is 2.15. The normalized spacial score (nSPS) is 11.1. The summed E-state index contributed by atoms with van der Waals surface area (Å²) >= 11 is 0. The van der Waals surface area contributed by atoms with E-state index in [2.05, 4.69) is 115 Å². The molecule has 0 saturated heterocycles. The molecule has 10 nitrogen and oxygen atoms in total. The molecule has 0 radical (unpaired) electrons. The van der Waals surface area contributed by atoms with Crippen molar-refractivity contribution in [2.45, 2.75) is 81.6 Å². The number of hydrogen-bond acceptors (Lipinski definition) is 6. The van der Waals surface area contributed by atoms with Gasteiger partial charge in [-0.15, -0.1) is 0 Å². The van der Waals surface area contributed by atoms with E-state index < -0.39 is 0 Å². The first-order valence-corrected chi connectivity index (χ1v) is 15.1. The molecule has 0 unspecified atom stereocenters. The minimum atomic E-state index is 0. The predicted molar refractivity (Wildman–Crippen MR) is 182 cm³/mol. The zero-order valence-electron chi connectivity index (χ0n) is 26.1. The van der Waals surface area contributed by atoms with E-state index in [9.17, 15) is 0 Å². The van der Waals surface area contributed by atoms with Crippen LogP contribution in [0.15, 0.2) is 93.8 Å². The Hall–Kier alpha value is -4.34. The molecular formula is C34H54N10+2. The lowest BCUT2D eigenvalue weighted by atomic mass is 10.2. The van der Waals surface area contributed by atoms with Gasteiger partial charge in [-0.25, -0.2) is 18.3 Å². The standard InChI is InChI=1S/C32H46N10.2CH4/c1-7-39-23-24-40(8-2)31(39)35-33-27-13-17-29(18-14-27)37(5)21-11-12-22-38(6)30-19-15-28(16-20-30)34-36-32-41(9-3)25-26-42(32)10-4;;/h13-20,23-26H,7-12,21-22H2,1-6H3;2*1H4/q+2;;. The van der Waals surface area contributed by atoms with Crippen LogP contribution in [0.3, 0.4) is 0 Å². The van der Waals surface area contributed by atoms with Gasteiger partial charge in [-0.2, -0.15) is 0 Å². The van der Waals surface area contributed by atoms with Crippen LogP contribution in [0.5, 0.6) is 0 Å². The molecule has 0 fully saturated rings. The number of hydrogen-bond donors (Lipinski definition) is 0. The number of azo groups is 2. The number of aromatic nitrogens is 4. The van der Waals surface area contributed by atoms with Gasteiger partial charge in [0.2, 0.25) is 0 Å². The number of nitrogens with zero attached hydrogens (tertiary/aromatic N) is 10. The van der Waals surface area contributed by atoms with Crippen molar-refractivity contribution in [2.24, 2.45) is 20.5 Å². The van der Waals surface area contributed by atoms with Gasteiger partial charge in [0.15, 0.2) is 0 Å². The summed E-state index contributed by atoms with van der Waals surface area (Å²) in [6.07, 6.45) is 10.4. The maximum absolute atomic E-state index is 4.51. The van der Waals surface area contributed by atoms with E-state index in [0.29, 0.717) is 0 Å². The van der Waals surface area contributed by atoms with Gasteiger partial charge in [0.1, 0.15) is 11.4 Å². The van der Waals surface area contributed by atoms with Gasteiger partial charge >= 0.3 is 11.9 Å². The summed E-state index contributed by atoms with van der Waals surface area (Å²) in [7, 11) is 4.29. The first kappa shape index (κ1) is 35.9. The first-order chi connectivity index (χ1) is 20.5. The number of anilines is 2. The Labute approximate surface area is 265 Å². The Morgan fingerprint density at radius 3 is 1.25 bits per heavy atom. The molecule has 0 saturated carbocycles. The van der Waals surface area contributed by atoms with Crippen LogP contribution in [0.2, 0.25) is 0 Å². The van der Waals surface area contributed by atoms with E-state index in [-0.39, 0.29) is 14.9 Å². The number of benzene rings is 2. The van der Waals surface area contributed by atoms with E-state index in [0.717, 1.165) is 75.4 Å². The van der Waals surface area contributed by atoms with Crippen LogP contribution in [0, 0.1) is 0 Å². The van der Waals surface area contributed by atoms with Crippen molar-refractivity contribution in [3.05, 3.63) is 73.3 Å². The van der Waals surface area contributed by atoms with E-state index in [1.807, 2.05) is 49.1 Å². The minimum Gasteiger partial charge on any atom is -0.375 e. The summed E-state index contributed by atoms with van der Waals surface area (Å²) in [6.45, 7) is 13.9. The average Bonchev–Trinajstić information content (AvgIpc) is 3.63.